The molecule has 4 rings (SSSR count). The van der Waals surface area contributed by atoms with Crippen molar-refractivity contribution in [3.63, 3.8) is 0 Å². The summed E-state index contributed by atoms with van der Waals surface area (Å²) in [6, 6.07) is 4.41. The predicted octanol–water partition coefficient (Wildman–Crippen LogP) is 3.06. The van der Waals surface area contributed by atoms with Gasteiger partial charge in [0, 0.05) is 19.5 Å². The zero-order valence-corrected chi connectivity index (χ0v) is 20.8. The van der Waals surface area contributed by atoms with Crippen molar-refractivity contribution in [3.8, 4) is 0 Å². The van der Waals surface area contributed by atoms with Crippen LogP contribution in [0.2, 0.25) is 0 Å². The van der Waals surface area contributed by atoms with Crippen LogP contribution in [0.15, 0.2) is 18.2 Å². The highest BCUT2D eigenvalue weighted by molar-refractivity contribution is 6.24. The van der Waals surface area contributed by atoms with Crippen LogP contribution in [0.25, 0.3) is 0 Å². The molecule has 1 saturated carbocycles. The van der Waals surface area contributed by atoms with Crippen LogP contribution in [-0.2, 0) is 20.7 Å². The van der Waals surface area contributed by atoms with Gasteiger partial charge in [0.25, 0.3) is 11.8 Å². The second-order valence-electron chi connectivity index (χ2n) is 10.8. The van der Waals surface area contributed by atoms with E-state index < -0.39 is 35.3 Å². The van der Waals surface area contributed by atoms with E-state index in [0.29, 0.717) is 23.5 Å². The Morgan fingerprint density at radius 1 is 1.06 bits per heavy atom. The molecule has 0 spiro atoms. The SMILES string of the molecule is CN(C(=O)OC(C)(C)C)C1CCC(Cc2cccc3c2C(=O)N(C2CCC(=O)NC2=O)C3=O)CC1. The number of ether oxygens (including phenoxy) is 1. The third kappa shape index (κ3) is 5.09. The molecule has 188 valence electrons. The number of carbonyl (C=O) groups excluding carboxylic acids is 5. The summed E-state index contributed by atoms with van der Waals surface area (Å²) in [6.07, 6.45) is 4.02. The van der Waals surface area contributed by atoms with Crippen LogP contribution in [0, 0.1) is 5.92 Å². The number of benzene rings is 1. The maximum atomic E-state index is 13.3. The molecule has 35 heavy (non-hydrogen) atoms. The van der Waals surface area contributed by atoms with Gasteiger partial charge < -0.3 is 9.64 Å². The topological polar surface area (TPSA) is 113 Å². The van der Waals surface area contributed by atoms with Crippen molar-refractivity contribution in [1.29, 1.82) is 0 Å². The molecule has 1 unspecified atom stereocenters. The zero-order valence-electron chi connectivity index (χ0n) is 20.8. The van der Waals surface area contributed by atoms with E-state index in [1.165, 1.54) is 0 Å². The fourth-order valence-corrected chi connectivity index (χ4v) is 5.29. The average molecular weight is 484 g/mol. The van der Waals surface area contributed by atoms with Gasteiger partial charge in [-0.3, -0.25) is 29.4 Å². The molecule has 1 N–H and O–H groups in total. The van der Waals surface area contributed by atoms with E-state index in [-0.39, 0.29) is 25.0 Å². The van der Waals surface area contributed by atoms with Gasteiger partial charge in [-0.1, -0.05) is 12.1 Å². The van der Waals surface area contributed by atoms with Crippen molar-refractivity contribution in [2.24, 2.45) is 5.92 Å². The molecule has 1 aromatic rings. The molecule has 9 nitrogen and oxygen atoms in total. The lowest BCUT2D eigenvalue weighted by Gasteiger charge is -2.35. The van der Waals surface area contributed by atoms with Crippen molar-refractivity contribution >= 4 is 29.7 Å². The Morgan fingerprint density at radius 3 is 2.37 bits per heavy atom. The van der Waals surface area contributed by atoms with Crippen LogP contribution in [0.3, 0.4) is 0 Å². The number of hydrogen-bond acceptors (Lipinski definition) is 6. The van der Waals surface area contributed by atoms with Crippen LogP contribution >= 0.6 is 0 Å². The second-order valence-corrected chi connectivity index (χ2v) is 10.8. The first-order valence-electron chi connectivity index (χ1n) is 12.3. The largest absolute Gasteiger partial charge is 0.444 e. The molecule has 0 aromatic heterocycles. The molecule has 0 radical (unpaired) electrons. The van der Waals surface area contributed by atoms with Crippen LogP contribution in [0.5, 0.6) is 0 Å². The van der Waals surface area contributed by atoms with Gasteiger partial charge in [-0.05, 0) is 76.8 Å². The van der Waals surface area contributed by atoms with Crippen molar-refractivity contribution in [1.82, 2.24) is 15.1 Å². The lowest BCUT2D eigenvalue weighted by atomic mass is 9.81. The van der Waals surface area contributed by atoms with Gasteiger partial charge in [-0.15, -0.1) is 0 Å². The van der Waals surface area contributed by atoms with E-state index >= 15 is 0 Å². The first-order valence-corrected chi connectivity index (χ1v) is 12.3. The van der Waals surface area contributed by atoms with Gasteiger partial charge in [0.2, 0.25) is 11.8 Å². The lowest BCUT2D eigenvalue weighted by molar-refractivity contribution is -0.136. The number of piperidine rings is 1. The number of hydrogen-bond donors (Lipinski definition) is 1. The fraction of sp³-hybridized carbons (Fsp3) is 0.577. The summed E-state index contributed by atoms with van der Waals surface area (Å²) in [5, 5.41) is 2.23. The highest BCUT2D eigenvalue weighted by Crippen LogP contribution is 2.35. The maximum Gasteiger partial charge on any atom is 0.410 e. The molecular formula is C26H33N3O6. The van der Waals surface area contributed by atoms with E-state index in [1.54, 1.807) is 24.1 Å². The number of imide groups is 2. The molecule has 2 fully saturated rings. The van der Waals surface area contributed by atoms with Gasteiger partial charge in [-0.25, -0.2) is 4.79 Å². The van der Waals surface area contributed by atoms with E-state index in [9.17, 15) is 24.0 Å². The summed E-state index contributed by atoms with van der Waals surface area (Å²) in [4.78, 5) is 65.3. The van der Waals surface area contributed by atoms with Gasteiger partial charge in [0.05, 0.1) is 11.1 Å². The van der Waals surface area contributed by atoms with Gasteiger partial charge in [0.15, 0.2) is 0 Å². The van der Waals surface area contributed by atoms with E-state index in [0.717, 1.165) is 36.1 Å². The van der Waals surface area contributed by atoms with Crippen LogP contribution < -0.4 is 5.32 Å². The minimum atomic E-state index is -0.966. The minimum absolute atomic E-state index is 0.0949. The minimum Gasteiger partial charge on any atom is -0.444 e. The van der Waals surface area contributed by atoms with Crippen LogP contribution in [0.4, 0.5) is 4.79 Å². The molecule has 2 heterocycles. The standard InChI is InChI=1S/C26H33N3O6/c1-26(2,3)35-25(34)28(4)17-10-8-15(9-11-17)14-16-6-5-7-18-21(16)24(33)29(23(18)32)19-12-13-20(30)27-22(19)31/h5-7,15,17,19H,8-14H2,1-4H3,(H,27,30,31). The molecule has 2 aliphatic heterocycles. The molecule has 1 aliphatic carbocycles. The highest BCUT2D eigenvalue weighted by atomic mass is 16.6. The van der Waals surface area contributed by atoms with Crippen molar-refractivity contribution in [2.75, 3.05) is 7.05 Å². The number of amides is 5. The van der Waals surface area contributed by atoms with Crippen LogP contribution in [-0.4, -0.2) is 64.3 Å². The number of fused-ring (bicyclic) bond motifs is 1. The van der Waals surface area contributed by atoms with Gasteiger partial charge in [-0.2, -0.15) is 0 Å². The van der Waals surface area contributed by atoms with Crippen LogP contribution in [0.1, 0.15) is 85.6 Å². The quantitative estimate of drug-likeness (QED) is 0.659. The number of nitrogens with zero attached hydrogens (tertiary/aromatic N) is 2. The Kier molecular flexibility index (Phi) is 6.71. The Bertz CT molecular complexity index is 1070. The Balaban J connectivity index is 1.42. The lowest BCUT2D eigenvalue weighted by Crippen LogP contribution is -2.54. The molecule has 3 aliphatic rings. The smallest absolute Gasteiger partial charge is 0.410 e. The summed E-state index contributed by atoms with van der Waals surface area (Å²) in [5.41, 5.74) is 0.951. The second kappa shape index (κ2) is 9.43. The number of rotatable bonds is 4. The predicted molar refractivity (Wildman–Crippen MR) is 127 cm³/mol. The number of nitrogens with one attached hydrogen (secondary N) is 1. The molecule has 1 saturated heterocycles. The summed E-state index contributed by atoms with van der Waals surface area (Å²) < 4.78 is 5.49. The van der Waals surface area contributed by atoms with E-state index in [4.69, 9.17) is 4.74 Å². The Morgan fingerprint density at radius 2 is 1.74 bits per heavy atom. The third-order valence-corrected chi connectivity index (χ3v) is 7.11. The van der Waals surface area contributed by atoms with Crippen molar-refractivity contribution in [3.05, 3.63) is 34.9 Å². The summed E-state index contributed by atoms with van der Waals surface area (Å²) >= 11 is 0. The molecule has 1 aromatic carbocycles. The van der Waals surface area contributed by atoms with Crippen molar-refractivity contribution in [2.45, 2.75) is 83.4 Å². The molecule has 9 heteroatoms. The number of carbonyl (C=O) groups is 5. The first-order chi connectivity index (χ1) is 16.5. The highest BCUT2D eigenvalue weighted by Gasteiger charge is 2.45. The Hall–Kier alpha value is -3.23. The van der Waals surface area contributed by atoms with E-state index in [1.807, 2.05) is 26.8 Å². The summed E-state index contributed by atoms with van der Waals surface area (Å²) in [5.74, 6) is -1.63. The third-order valence-electron chi connectivity index (χ3n) is 7.11. The average Bonchev–Trinajstić information content (AvgIpc) is 3.04. The normalized spacial score (nSPS) is 24.8. The zero-order chi connectivity index (χ0) is 25.5. The molecule has 0 bridgehead atoms. The van der Waals surface area contributed by atoms with Gasteiger partial charge >= 0.3 is 6.09 Å². The molecule has 1 atom stereocenters. The van der Waals surface area contributed by atoms with E-state index in [2.05, 4.69) is 5.32 Å². The summed E-state index contributed by atoms with van der Waals surface area (Å²) in [6.45, 7) is 5.55. The summed E-state index contributed by atoms with van der Waals surface area (Å²) in [7, 11) is 1.77. The van der Waals surface area contributed by atoms with Crippen molar-refractivity contribution < 1.29 is 28.7 Å². The first kappa shape index (κ1) is 24.9. The van der Waals surface area contributed by atoms with Gasteiger partial charge in [0.1, 0.15) is 11.6 Å². The molecular weight excluding hydrogens is 450 g/mol. The monoisotopic (exact) mass is 483 g/mol. The maximum absolute atomic E-state index is 13.3. The fourth-order valence-electron chi connectivity index (χ4n) is 5.29. The Labute approximate surface area is 205 Å². The molecule has 5 amide bonds.